The van der Waals surface area contributed by atoms with Crippen LogP contribution in [-0.2, 0) is 4.74 Å². The summed E-state index contributed by atoms with van der Waals surface area (Å²) in [7, 11) is 5.99. The number of fused-ring (bicyclic) bond motifs is 3. The number of pyridine rings is 2. The van der Waals surface area contributed by atoms with E-state index in [0.717, 1.165) is 89.1 Å². The Hall–Kier alpha value is -3.69. The number of nitrogens with zero attached hydrogens (tertiary/aromatic N) is 4. The molecule has 0 fully saturated rings. The van der Waals surface area contributed by atoms with Crippen molar-refractivity contribution in [3.63, 3.8) is 0 Å². The predicted octanol–water partition coefficient (Wildman–Crippen LogP) is 7.34. The van der Waals surface area contributed by atoms with Gasteiger partial charge in [0.25, 0.3) is 0 Å². The average Bonchev–Trinajstić information content (AvgIpc) is 3.05. The topological polar surface area (TPSA) is 74.8 Å². The van der Waals surface area contributed by atoms with Gasteiger partial charge in [0.1, 0.15) is 5.75 Å². The van der Waals surface area contributed by atoms with Crippen LogP contribution in [0.1, 0.15) is 19.4 Å². The highest BCUT2D eigenvalue weighted by Crippen LogP contribution is 2.34. The summed E-state index contributed by atoms with van der Waals surface area (Å²) in [5.74, 6) is 0.809. The number of likely N-dealkylation sites (N-methyl/N-ethyl adjacent to an activating group) is 2. The van der Waals surface area contributed by atoms with Crippen LogP contribution in [0.15, 0.2) is 66.9 Å². The van der Waals surface area contributed by atoms with Gasteiger partial charge in [0.15, 0.2) is 0 Å². The van der Waals surface area contributed by atoms with Gasteiger partial charge in [-0.2, -0.15) is 0 Å². The van der Waals surface area contributed by atoms with Crippen molar-refractivity contribution in [1.82, 2.24) is 19.8 Å². The zero-order chi connectivity index (χ0) is 32.2. The highest BCUT2D eigenvalue weighted by atomic mass is 35.5. The Balaban J connectivity index is 0.00000226. The molecule has 3 aromatic carbocycles. The van der Waals surface area contributed by atoms with Gasteiger partial charge in [-0.25, -0.2) is 4.98 Å². The van der Waals surface area contributed by atoms with Crippen LogP contribution in [0.25, 0.3) is 32.7 Å². The minimum atomic E-state index is 0.658. The van der Waals surface area contributed by atoms with Crippen LogP contribution in [0.5, 0.6) is 5.75 Å². The lowest BCUT2D eigenvalue weighted by atomic mass is 10.1. The summed E-state index contributed by atoms with van der Waals surface area (Å²) in [6.45, 7) is 12.7. The highest BCUT2D eigenvalue weighted by molar-refractivity contribution is 6.31. The molecule has 2 aromatic heterocycles. The molecule has 240 valence electrons. The Morgan fingerprint density at radius 3 is 2.31 bits per heavy atom. The summed E-state index contributed by atoms with van der Waals surface area (Å²) in [5.41, 5.74) is 6.16. The molecule has 0 aliphatic carbocycles. The van der Waals surface area contributed by atoms with Crippen molar-refractivity contribution in [3.8, 4) is 5.75 Å². The van der Waals surface area contributed by atoms with E-state index >= 15 is 0 Å². The number of hydrogen-bond acceptors (Lipinski definition) is 8. The van der Waals surface area contributed by atoms with Crippen molar-refractivity contribution in [2.75, 3.05) is 84.3 Å². The van der Waals surface area contributed by atoms with E-state index in [9.17, 15) is 0 Å². The molecule has 0 bridgehead atoms. The number of methoxy groups -OCH3 is 1. The van der Waals surface area contributed by atoms with Gasteiger partial charge in [-0.3, -0.25) is 4.98 Å². The van der Waals surface area contributed by atoms with E-state index < -0.39 is 0 Å². The Labute approximate surface area is 272 Å². The second kappa shape index (κ2) is 17.1. The number of aryl methyl sites for hydroxylation is 1. The molecule has 0 aliphatic rings. The zero-order valence-corrected chi connectivity index (χ0v) is 28.2. The van der Waals surface area contributed by atoms with E-state index in [2.05, 4.69) is 64.6 Å². The molecule has 0 unspecified atom stereocenters. The maximum Gasteiger partial charge on any atom is 0.119 e. The van der Waals surface area contributed by atoms with E-state index in [4.69, 9.17) is 26.1 Å². The van der Waals surface area contributed by atoms with Crippen LogP contribution in [0, 0.1) is 6.92 Å². The first kappa shape index (κ1) is 34.2. The second-order valence-corrected chi connectivity index (χ2v) is 11.4. The zero-order valence-electron chi connectivity index (χ0n) is 27.5. The maximum atomic E-state index is 6.27. The third-order valence-corrected chi connectivity index (χ3v) is 7.91. The third-order valence-electron chi connectivity index (χ3n) is 7.68. The van der Waals surface area contributed by atoms with Gasteiger partial charge in [-0.05, 0) is 75.1 Å². The summed E-state index contributed by atoms with van der Waals surface area (Å²) in [4.78, 5) is 14.0. The van der Waals surface area contributed by atoms with Gasteiger partial charge in [-0.1, -0.05) is 37.6 Å². The van der Waals surface area contributed by atoms with Gasteiger partial charge in [-0.15, -0.1) is 0 Å². The number of aromatic nitrogens is 2. The van der Waals surface area contributed by atoms with Crippen LogP contribution in [0.4, 0.5) is 11.4 Å². The molecular weight excluding hydrogens is 584 g/mol. The number of rotatable bonds is 15. The van der Waals surface area contributed by atoms with Crippen molar-refractivity contribution in [3.05, 3.63) is 77.4 Å². The quantitative estimate of drug-likeness (QED) is 0.0920. The summed E-state index contributed by atoms with van der Waals surface area (Å²) in [6, 6.07) is 20.2. The molecule has 5 aromatic rings. The third kappa shape index (κ3) is 9.41. The van der Waals surface area contributed by atoms with Crippen molar-refractivity contribution in [2.45, 2.75) is 20.8 Å². The first-order valence-electron chi connectivity index (χ1n) is 15.8. The van der Waals surface area contributed by atoms with Crippen LogP contribution in [-0.4, -0.2) is 93.5 Å². The Bertz CT molecular complexity index is 1680. The summed E-state index contributed by atoms with van der Waals surface area (Å²) >= 11 is 6.27. The lowest BCUT2D eigenvalue weighted by Gasteiger charge is -2.22. The molecule has 2 N–H and O–H groups in total. The van der Waals surface area contributed by atoms with Gasteiger partial charge < -0.3 is 29.9 Å². The number of anilines is 2. The van der Waals surface area contributed by atoms with Crippen molar-refractivity contribution in [2.24, 2.45) is 0 Å². The van der Waals surface area contributed by atoms with Crippen LogP contribution in [0.3, 0.4) is 0 Å². The lowest BCUT2D eigenvalue weighted by Crippen LogP contribution is -2.35. The minimum Gasteiger partial charge on any atom is -0.497 e. The van der Waals surface area contributed by atoms with E-state index in [1.807, 2.05) is 62.5 Å². The maximum absolute atomic E-state index is 6.27. The van der Waals surface area contributed by atoms with Gasteiger partial charge in [0, 0.05) is 72.3 Å². The molecule has 0 amide bonds. The molecule has 2 heterocycles. The fourth-order valence-electron chi connectivity index (χ4n) is 5.14. The molecule has 45 heavy (non-hydrogen) atoms. The molecule has 0 saturated carbocycles. The summed E-state index contributed by atoms with van der Waals surface area (Å²) in [6.07, 6.45) is 1.85. The highest BCUT2D eigenvalue weighted by Gasteiger charge is 2.11. The van der Waals surface area contributed by atoms with Gasteiger partial charge >= 0.3 is 0 Å². The molecule has 0 saturated heterocycles. The van der Waals surface area contributed by atoms with Gasteiger partial charge in [0.05, 0.1) is 42.6 Å². The van der Waals surface area contributed by atoms with E-state index in [1.165, 1.54) is 5.56 Å². The number of ether oxygens (including phenoxy) is 2. The molecule has 5 rings (SSSR count). The second-order valence-electron chi connectivity index (χ2n) is 11.0. The molecule has 0 radical (unpaired) electrons. The Morgan fingerprint density at radius 1 is 0.733 bits per heavy atom. The molecular formula is C36H47ClN6O2. The average molecular weight is 631 g/mol. The van der Waals surface area contributed by atoms with Crippen molar-refractivity contribution >= 4 is 55.7 Å². The number of nitrogens with one attached hydrogen (secondary N) is 2. The fraction of sp³-hybridized carbons (Fsp3) is 0.389. The predicted molar refractivity (Wildman–Crippen MR) is 191 cm³/mol. The molecule has 0 aliphatic heterocycles. The van der Waals surface area contributed by atoms with Crippen LogP contribution >= 0.6 is 11.6 Å². The molecule has 0 spiro atoms. The number of benzene rings is 3. The van der Waals surface area contributed by atoms with Crippen LogP contribution in [0.2, 0.25) is 5.02 Å². The van der Waals surface area contributed by atoms with Crippen LogP contribution < -0.4 is 15.4 Å². The Morgan fingerprint density at radius 2 is 1.51 bits per heavy atom. The smallest absolute Gasteiger partial charge is 0.119 e. The first-order chi connectivity index (χ1) is 21.9. The molecule has 9 heteroatoms. The molecule has 8 nitrogen and oxygen atoms in total. The SMILES string of the molecule is CC.COc1ccc2nc3cc(Cl)ccc3c(NCCN(C)CCN(C)CCOCCNc3ccnc4cc(C)ccc34)c2c1. The number of halogens is 1. The van der Waals surface area contributed by atoms with E-state index in [0.29, 0.717) is 18.2 Å². The van der Waals surface area contributed by atoms with E-state index in [-0.39, 0.29) is 0 Å². The monoisotopic (exact) mass is 630 g/mol. The van der Waals surface area contributed by atoms with Gasteiger partial charge in [0.2, 0.25) is 0 Å². The van der Waals surface area contributed by atoms with Crippen molar-refractivity contribution < 1.29 is 9.47 Å². The van der Waals surface area contributed by atoms with Crippen molar-refractivity contribution in [1.29, 1.82) is 0 Å². The summed E-state index contributed by atoms with van der Waals surface area (Å²) < 4.78 is 11.4. The normalized spacial score (nSPS) is 11.3. The number of hydrogen-bond donors (Lipinski definition) is 2. The lowest BCUT2D eigenvalue weighted by molar-refractivity contribution is 0.116. The Kier molecular flexibility index (Phi) is 13.0. The van der Waals surface area contributed by atoms with E-state index in [1.54, 1.807) is 7.11 Å². The molecule has 0 atom stereocenters. The fourth-order valence-corrected chi connectivity index (χ4v) is 5.31. The largest absolute Gasteiger partial charge is 0.497 e. The first-order valence-corrected chi connectivity index (χ1v) is 16.1. The summed E-state index contributed by atoms with van der Waals surface area (Å²) in [5, 5.41) is 11.1. The minimum absolute atomic E-state index is 0.658. The standard InChI is InChI=1S/C34H41ClN6O2.C2H6/c1-24-5-8-27-30(11-12-36-32(27)21-24)37-14-19-43-20-18-41(3)17-16-40(2)15-13-38-34-28-9-6-25(35)22-33(28)39-31-10-7-26(42-4)23-29(31)34;1-2/h5-12,21-23H,13-20H2,1-4H3,(H,36,37)(H,38,39);1-2H3.